The molecule has 0 aliphatic rings. The van der Waals surface area contributed by atoms with Gasteiger partial charge >= 0.3 is 0 Å². The van der Waals surface area contributed by atoms with Gasteiger partial charge in [-0.25, -0.2) is 13.4 Å². The standard InChI is InChI=1S/C14H17N3O2S/c1-10-11(2)17-14(9-15-10)16-8-12-4-6-13(7-5-12)20(3,18)19/h4-7,9H,8H2,1-3H3,(H,16,17). The van der Waals surface area contributed by atoms with Crippen LogP contribution in [0.25, 0.3) is 0 Å². The average molecular weight is 291 g/mol. The van der Waals surface area contributed by atoms with Gasteiger partial charge in [-0.2, -0.15) is 0 Å². The van der Waals surface area contributed by atoms with Gasteiger partial charge in [0.15, 0.2) is 9.84 Å². The molecule has 0 atom stereocenters. The van der Waals surface area contributed by atoms with Crippen molar-refractivity contribution in [2.45, 2.75) is 25.3 Å². The van der Waals surface area contributed by atoms with Gasteiger partial charge in [0.05, 0.1) is 22.5 Å². The zero-order chi connectivity index (χ0) is 14.8. The maximum absolute atomic E-state index is 11.4. The van der Waals surface area contributed by atoms with E-state index in [1.807, 2.05) is 13.8 Å². The molecule has 1 aromatic heterocycles. The van der Waals surface area contributed by atoms with E-state index in [0.29, 0.717) is 17.3 Å². The largest absolute Gasteiger partial charge is 0.365 e. The number of aromatic nitrogens is 2. The Bertz CT molecular complexity index is 710. The first kappa shape index (κ1) is 14.5. The Balaban J connectivity index is 2.06. The molecule has 106 valence electrons. The third-order valence-corrected chi connectivity index (χ3v) is 4.15. The van der Waals surface area contributed by atoms with E-state index in [9.17, 15) is 8.42 Å². The minimum Gasteiger partial charge on any atom is -0.365 e. The van der Waals surface area contributed by atoms with Crippen LogP contribution < -0.4 is 5.32 Å². The predicted octanol–water partition coefficient (Wildman–Crippen LogP) is 2.11. The molecule has 0 radical (unpaired) electrons. The lowest BCUT2D eigenvalue weighted by molar-refractivity contribution is 0.602. The van der Waals surface area contributed by atoms with Crippen LogP contribution in [-0.2, 0) is 16.4 Å². The highest BCUT2D eigenvalue weighted by Gasteiger charge is 2.06. The third-order valence-electron chi connectivity index (χ3n) is 3.02. The van der Waals surface area contributed by atoms with Crippen LogP contribution in [0.3, 0.4) is 0 Å². The number of benzene rings is 1. The monoisotopic (exact) mass is 291 g/mol. The summed E-state index contributed by atoms with van der Waals surface area (Å²) in [5.74, 6) is 0.709. The molecule has 1 heterocycles. The van der Waals surface area contributed by atoms with Gasteiger partial charge in [0.1, 0.15) is 5.82 Å². The van der Waals surface area contributed by atoms with Crippen LogP contribution >= 0.6 is 0 Å². The third kappa shape index (κ3) is 3.54. The lowest BCUT2D eigenvalue weighted by Crippen LogP contribution is -2.04. The van der Waals surface area contributed by atoms with E-state index in [0.717, 1.165) is 17.0 Å². The fourth-order valence-corrected chi connectivity index (χ4v) is 2.30. The number of nitrogens with zero attached hydrogens (tertiary/aromatic N) is 2. The predicted molar refractivity (Wildman–Crippen MR) is 78.4 cm³/mol. The second-order valence-electron chi connectivity index (χ2n) is 4.70. The SMILES string of the molecule is Cc1ncc(NCc2ccc(S(C)(=O)=O)cc2)nc1C. The van der Waals surface area contributed by atoms with Crippen molar-refractivity contribution < 1.29 is 8.42 Å². The summed E-state index contributed by atoms with van der Waals surface area (Å²) in [5, 5.41) is 3.16. The van der Waals surface area contributed by atoms with Gasteiger partial charge in [0.2, 0.25) is 0 Å². The molecule has 1 aromatic carbocycles. The lowest BCUT2D eigenvalue weighted by atomic mass is 10.2. The summed E-state index contributed by atoms with van der Waals surface area (Å²) in [5.41, 5.74) is 2.79. The average Bonchev–Trinajstić information content (AvgIpc) is 2.40. The van der Waals surface area contributed by atoms with Crippen molar-refractivity contribution in [3.05, 3.63) is 47.4 Å². The van der Waals surface area contributed by atoms with Gasteiger partial charge in [0, 0.05) is 12.8 Å². The summed E-state index contributed by atoms with van der Waals surface area (Å²) >= 11 is 0. The molecule has 0 aliphatic carbocycles. The highest BCUT2D eigenvalue weighted by Crippen LogP contribution is 2.12. The molecule has 2 aromatic rings. The molecule has 0 saturated carbocycles. The Morgan fingerprint density at radius 1 is 1.10 bits per heavy atom. The number of hydrogen-bond donors (Lipinski definition) is 1. The summed E-state index contributed by atoms with van der Waals surface area (Å²) < 4.78 is 22.7. The molecular formula is C14H17N3O2S. The summed E-state index contributed by atoms with van der Waals surface area (Å²) in [6.07, 6.45) is 2.89. The highest BCUT2D eigenvalue weighted by atomic mass is 32.2. The van der Waals surface area contributed by atoms with Crippen molar-refractivity contribution in [1.82, 2.24) is 9.97 Å². The van der Waals surface area contributed by atoms with E-state index < -0.39 is 9.84 Å². The van der Waals surface area contributed by atoms with Crippen LogP contribution in [0.2, 0.25) is 0 Å². The Morgan fingerprint density at radius 2 is 1.75 bits per heavy atom. The highest BCUT2D eigenvalue weighted by molar-refractivity contribution is 7.90. The van der Waals surface area contributed by atoms with Crippen LogP contribution in [0.15, 0.2) is 35.4 Å². The van der Waals surface area contributed by atoms with Crippen LogP contribution in [0.5, 0.6) is 0 Å². The van der Waals surface area contributed by atoms with Crippen molar-refractivity contribution in [3.63, 3.8) is 0 Å². The van der Waals surface area contributed by atoms with Gasteiger partial charge in [-0.15, -0.1) is 0 Å². The van der Waals surface area contributed by atoms with Crippen molar-refractivity contribution in [1.29, 1.82) is 0 Å². The molecular weight excluding hydrogens is 274 g/mol. The number of aryl methyl sites for hydroxylation is 2. The van der Waals surface area contributed by atoms with Crippen LogP contribution in [0.1, 0.15) is 17.0 Å². The fourth-order valence-electron chi connectivity index (χ4n) is 1.67. The van der Waals surface area contributed by atoms with Crippen molar-refractivity contribution >= 4 is 15.7 Å². The smallest absolute Gasteiger partial charge is 0.175 e. The molecule has 0 aliphatic heterocycles. The molecule has 20 heavy (non-hydrogen) atoms. The van der Waals surface area contributed by atoms with E-state index >= 15 is 0 Å². The lowest BCUT2D eigenvalue weighted by Gasteiger charge is -2.07. The molecule has 5 nitrogen and oxygen atoms in total. The van der Waals surface area contributed by atoms with Crippen molar-refractivity contribution in [2.75, 3.05) is 11.6 Å². The summed E-state index contributed by atoms with van der Waals surface area (Å²) in [6, 6.07) is 6.80. The zero-order valence-corrected chi connectivity index (χ0v) is 12.5. The molecule has 0 amide bonds. The molecule has 0 spiro atoms. The molecule has 0 saturated heterocycles. The van der Waals surface area contributed by atoms with Crippen LogP contribution in [-0.4, -0.2) is 24.6 Å². The topological polar surface area (TPSA) is 72.0 Å². The Labute approximate surface area is 119 Å². The molecule has 0 unspecified atom stereocenters. The first-order chi connectivity index (χ1) is 9.36. The first-order valence-electron chi connectivity index (χ1n) is 6.19. The van der Waals surface area contributed by atoms with Gasteiger partial charge in [-0.1, -0.05) is 12.1 Å². The number of rotatable bonds is 4. The molecule has 0 bridgehead atoms. The molecule has 0 fully saturated rings. The number of anilines is 1. The fraction of sp³-hybridized carbons (Fsp3) is 0.286. The van der Waals surface area contributed by atoms with E-state index in [1.165, 1.54) is 6.26 Å². The maximum Gasteiger partial charge on any atom is 0.175 e. The quantitative estimate of drug-likeness (QED) is 0.934. The van der Waals surface area contributed by atoms with E-state index in [-0.39, 0.29) is 0 Å². The molecule has 2 rings (SSSR count). The Hall–Kier alpha value is -1.95. The molecule has 6 heteroatoms. The van der Waals surface area contributed by atoms with Gasteiger partial charge < -0.3 is 5.32 Å². The van der Waals surface area contributed by atoms with Gasteiger partial charge in [-0.05, 0) is 31.5 Å². The Morgan fingerprint density at radius 3 is 2.30 bits per heavy atom. The number of nitrogens with one attached hydrogen (secondary N) is 1. The minimum absolute atomic E-state index is 0.326. The van der Waals surface area contributed by atoms with E-state index in [4.69, 9.17) is 0 Å². The van der Waals surface area contributed by atoms with E-state index in [2.05, 4.69) is 15.3 Å². The van der Waals surface area contributed by atoms with Gasteiger partial charge in [-0.3, -0.25) is 4.98 Å². The zero-order valence-electron chi connectivity index (χ0n) is 11.7. The second-order valence-corrected chi connectivity index (χ2v) is 6.71. The van der Waals surface area contributed by atoms with Crippen molar-refractivity contribution in [3.8, 4) is 0 Å². The number of hydrogen-bond acceptors (Lipinski definition) is 5. The second kappa shape index (κ2) is 5.58. The minimum atomic E-state index is -3.14. The van der Waals surface area contributed by atoms with Crippen LogP contribution in [0.4, 0.5) is 5.82 Å². The summed E-state index contributed by atoms with van der Waals surface area (Å²) in [4.78, 5) is 8.93. The maximum atomic E-state index is 11.4. The summed E-state index contributed by atoms with van der Waals surface area (Å²) in [7, 11) is -3.14. The summed E-state index contributed by atoms with van der Waals surface area (Å²) in [6.45, 7) is 4.39. The number of sulfone groups is 1. The van der Waals surface area contributed by atoms with Gasteiger partial charge in [0.25, 0.3) is 0 Å². The molecule has 1 N–H and O–H groups in total. The van der Waals surface area contributed by atoms with Crippen LogP contribution in [0, 0.1) is 13.8 Å². The normalized spacial score (nSPS) is 11.3. The van der Waals surface area contributed by atoms with E-state index in [1.54, 1.807) is 30.5 Å². The Kier molecular flexibility index (Phi) is 4.04. The van der Waals surface area contributed by atoms with Crippen molar-refractivity contribution in [2.24, 2.45) is 0 Å². The first-order valence-corrected chi connectivity index (χ1v) is 8.08.